The summed E-state index contributed by atoms with van der Waals surface area (Å²) in [6.07, 6.45) is 3.55. The number of hydrogen-bond donors (Lipinski definition) is 1. The Labute approximate surface area is 133 Å². The van der Waals surface area contributed by atoms with E-state index in [1.54, 1.807) is 0 Å². The standard InChI is InChI=1S/C18H30BrN/c1-6-11-20-17(12-14(2)18(3,4)5)13-15-7-9-16(19)10-8-15/h7-10,14,17,20H,6,11-13H2,1-5H3. The predicted octanol–water partition coefficient (Wildman–Crippen LogP) is 5.43. The molecule has 2 heteroatoms. The molecule has 0 spiro atoms. The van der Waals surface area contributed by atoms with Crippen molar-refractivity contribution in [2.45, 2.75) is 59.9 Å². The highest BCUT2D eigenvalue weighted by molar-refractivity contribution is 9.10. The van der Waals surface area contributed by atoms with Gasteiger partial charge in [-0.3, -0.25) is 0 Å². The third kappa shape index (κ3) is 6.41. The van der Waals surface area contributed by atoms with Crippen molar-refractivity contribution in [3.05, 3.63) is 34.3 Å². The minimum Gasteiger partial charge on any atom is -0.314 e. The van der Waals surface area contributed by atoms with E-state index in [0.717, 1.165) is 17.4 Å². The number of rotatable bonds is 7. The van der Waals surface area contributed by atoms with Gasteiger partial charge in [0.25, 0.3) is 0 Å². The van der Waals surface area contributed by atoms with Crippen LogP contribution in [0.1, 0.15) is 53.0 Å². The van der Waals surface area contributed by atoms with Crippen molar-refractivity contribution in [1.29, 1.82) is 0 Å². The maximum atomic E-state index is 3.72. The Morgan fingerprint density at radius 1 is 1.15 bits per heavy atom. The van der Waals surface area contributed by atoms with Crippen molar-refractivity contribution < 1.29 is 0 Å². The molecule has 20 heavy (non-hydrogen) atoms. The molecule has 0 aliphatic heterocycles. The van der Waals surface area contributed by atoms with Gasteiger partial charge in [-0.15, -0.1) is 0 Å². The first kappa shape index (κ1) is 17.7. The molecule has 1 N–H and O–H groups in total. The minimum atomic E-state index is 0.381. The zero-order valence-corrected chi connectivity index (χ0v) is 15.3. The van der Waals surface area contributed by atoms with Crippen LogP contribution in [0.5, 0.6) is 0 Å². The van der Waals surface area contributed by atoms with E-state index in [9.17, 15) is 0 Å². The molecule has 2 unspecified atom stereocenters. The molecule has 1 nitrogen and oxygen atoms in total. The van der Waals surface area contributed by atoms with E-state index in [-0.39, 0.29) is 0 Å². The summed E-state index contributed by atoms with van der Waals surface area (Å²) in [4.78, 5) is 0. The van der Waals surface area contributed by atoms with Crippen LogP contribution in [0.2, 0.25) is 0 Å². The predicted molar refractivity (Wildman–Crippen MR) is 93.2 cm³/mol. The topological polar surface area (TPSA) is 12.0 Å². The van der Waals surface area contributed by atoms with Gasteiger partial charge in [0.05, 0.1) is 0 Å². The summed E-state index contributed by atoms with van der Waals surface area (Å²) in [5, 5.41) is 3.72. The van der Waals surface area contributed by atoms with E-state index in [4.69, 9.17) is 0 Å². The lowest BCUT2D eigenvalue weighted by molar-refractivity contribution is 0.222. The molecule has 0 saturated heterocycles. The van der Waals surface area contributed by atoms with E-state index in [2.05, 4.69) is 80.1 Å². The fraction of sp³-hybridized carbons (Fsp3) is 0.667. The van der Waals surface area contributed by atoms with Crippen molar-refractivity contribution in [3.8, 4) is 0 Å². The van der Waals surface area contributed by atoms with Gasteiger partial charge in [0.1, 0.15) is 0 Å². The SMILES string of the molecule is CCCNC(Cc1ccc(Br)cc1)CC(C)C(C)(C)C. The van der Waals surface area contributed by atoms with E-state index in [1.807, 2.05) is 0 Å². The second kappa shape index (κ2) is 8.19. The van der Waals surface area contributed by atoms with E-state index >= 15 is 0 Å². The van der Waals surface area contributed by atoms with Crippen molar-refractivity contribution in [1.82, 2.24) is 5.32 Å². The lowest BCUT2D eigenvalue weighted by Gasteiger charge is -2.31. The summed E-state index contributed by atoms with van der Waals surface area (Å²) in [7, 11) is 0. The largest absolute Gasteiger partial charge is 0.314 e. The Hall–Kier alpha value is -0.340. The summed E-state index contributed by atoms with van der Waals surface area (Å²) < 4.78 is 1.15. The first-order chi connectivity index (χ1) is 9.32. The molecule has 0 bridgehead atoms. The molecule has 0 radical (unpaired) electrons. The zero-order valence-electron chi connectivity index (χ0n) is 13.7. The summed E-state index contributed by atoms with van der Waals surface area (Å²) in [6.45, 7) is 12.7. The molecule has 0 aromatic heterocycles. The van der Waals surface area contributed by atoms with Crippen molar-refractivity contribution in [2.75, 3.05) is 6.54 Å². The second-order valence-corrected chi connectivity index (χ2v) is 7.90. The number of benzene rings is 1. The molecule has 1 aromatic rings. The lowest BCUT2D eigenvalue weighted by atomic mass is 9.78. The van der Waals surface area contributed by atoms with Gasteiger partial charge >= 0.3 is 0 Å². The quantitative estimate of drug-likeness (QED) is 0.698. The summed E-state index contributed by atoms with van der Waals surface area (Å²) in [5.74, 6) is 0.715. The van der Waals surface area contributed by atoms with Crippen LogP contribution >= 0.6 is 15.9 Å². The van der Waals surface area contributed by atoms with Crippen LogP contribution in [0.3, 0.4) is 0 Å². The first-order valence-corrected chi connectivity index (χ1v) is 8.60. The monoisotopic (exact) mass is 339 g/mol. The third-order valence-electron chi connectivity index (χ3n) is 4.19. The fourth-order valence-corrected chi connectivity index (χ4v) is 2.54. The molecule has 1 rings (SSSR count). The second-order valence-electron chi connectivity index (χ2n) is 6.98. The van der Waals surface area contributed by atoms with Crippen LogP contribution in [0.4, 0.5) is 0 Å². The molecule has 114 valence electrons. The molecule has 1 aromatic carbocycles. The van der Waals surface area contributed by atoms with Gasteiger partial charge in [-0.25, -0.2) is 0 Å². The molecular formula is C18H30BrN. The van der Waals surface area contributed by atoms with Crippen molar-refractivity contribution in [2.24, 2.45) is 11.3 Å². The van der Waals surface area contributed by atoms with Crippen LogP contribution in [-0.4, -0.2) is 12.6 Å². The molecule has 0 heterocycles. The van der Waals surface area contributed by atoms with Crippen LogP contribution < -0.4 is 5.32 Å². The van der Waals surface area contributed by atoms with Crippen LogP contribution in [0.15, 0.2) is 28.7 Å². The molecule has 0 amide bonds. The highest BCUT2D eigenvalue weighted by Crippen LogP contribution is 2.29. The minimum absolute atomic E-state index is 0.381. The van der Waals surface area contributed by atoms with Gasteiger partial charge in [0.2, 0.25) is 0 Å². The van der Waals surface area contributed by atoms with Crippen molar-refractivity contribution >= 4 is 15.9 Å². The van der Waals surface area contributed by atoms with Gasteiger partial charge in [-0.2, -0.15) is 0 Å². The Kier molecular flexibility index (Phi) is 7.25. The maximum Gasteiger partial charge on any atom is 0.0175 e. The fourth-order valence-electron chi connectivity index (χ4n) is 2.27. The highest BCUT2D eigenvalue weighted by Gasteiger charge is 2.23. The zero-order chi connectivity index (χ0) is 15.2. The van der Waals surface area contributed by atoms with Gasteiger partial charge < -0.3 is 5.32 Å². The average Bonchev–Trinajstić information content (AvgIpc) is 2.37. The van der Waals surface area contributed by atoms with Crippen LogP contribution in [-0.2, 0) is 6.42 Å². The van der Waals surface area contributed by atoms with Gasteiger partial charge in [0.15, 0.2) is 0 Å². The van der Waals surface area contributed by atoms with Crippen LogP contribution in [0, 0.1) is 11.3 Å². The summed E-state index contributed by atoms with van der Waals surface area (Å²) in [5.41, 5.74) is 1.80. The summed E-state index contributed by atoms with van der Waals surface area (Å²) >= 11 is 3.50. The normalized spacial score (nSPS) is 15.1. The average molecular weight is 340 g/mol. The smallest absolute Gasteiger partial charge is 0.0175 e. The Morgan fingerprint density at radius 3 is 2.25 bits per heavy atom. The van der Waals surface area contributed by atoms with Gasteiger partial charge in [0, 0.05) is 10.5 Å². The summed E-state index contributed by atoms with van der Waals surface area (Å²) in [6, 6.07) is 9.31. The Balaban J connectivity index is 2.66. The highest BCUT2D eigenvalue weighted by atomic mass is 79.9. The van der Waals surface area contributed by atoms with Crippen LogP contribution in [0.25, 0.3) is 0 Å². The van der Waals surface area contributed by atoms with Gasteiger partial charge in [-0.05, 0) is 54.8 Å². The lowest BCUT2D eigenvalue weighted by Crippen LogP contribution is -2.35. The Morgan fingerprint density at radius 2 is 1.75 bits per heavy atom. The molecule has 0 fully saturated rings. The molecule has 0 saturated carbocycles. The van der Waals surface area contributed by atoms with Gasteiger partial charge in [-0.1, -0.05) is 62.7 Å². The van der Waals surface area contributed by atoms with E-state index in [0.29, 0.717) is 17.4 Å². The number of hydrogen-bond acceptors (Lipinski definition) is 1. The van der Waals surface area contributed by atoms with E-state index in [1.165, 1.54) is 18.4 Å². The maximum absolute atomic E-state index is 3.72. The first-order valence-electron chi connectivity index (χ1n) is 7.80. The molecule has 0 aliphatic rings. The van der Waals surface area contributed by atoms with Crippen molar-refractivity contribution in [3.63, 3.8) is 0 Å². The Bertz CT molecular complexity index is 377. The molecular weight excluding hydrogens is 310 g/mol. The number of halogens is 1. The molecule has 2 atom stereocenters. The third-order valence-corrected chi connectivity index (χ3v) is 4.72. The molecule has 0 aliphatic carbocycles. The number of nitrogens with one attached hydrogen (secondary N) is 1. The van der Waals surface area contributed by atoms with E-state index < -0.39 is 0 Å².